The molecule has 1 saturated heterocycles. The van der Waals surface area contributed by atoms with Crippen LogP contribution >= 0.6 is 11.8 Å². The van der Waals surface area contributed by atoms with Gasteiger partial charge in [-0.25, -0.2) is 9.18 Å². The van der Waals surface area contributed by atoms with Crippen molar-refractivity contribution in [3.05, 3.63) is 54.3 Å². The minimum absolute atomic E-state index is 0.160. The number of aliphatic imine (C=N–C) groups is 1. The summed E-state index contributed by atoms with van der Waals surface area (Å²) in [6.07, 6.45) is 0.784. The van der Waals surface area contributed by atoms with Gasteiger partial charge in [-0.05, 0) is 37.1 Å². The van der Waals surface area contributed by atoms with Crippen molar-refractivity contribution in [3.63, 3.8) is 0 Å². The molecule has 0 radical (unpaired) electrons. The summed E-state index contributed by atoms with van der Waals surface area (Å²) in [5, 5.41) is 0.588. The number of carbonyl (C=O) groups is 1. The summed E-state index contributed by atoms with van der Waals surface area (Å²) >= 11 is 1.36. The average Bonchev–Trinajstić information content (AvgIpc) is 3.09. The lowest BCUT2D eigenvalue weighted by atomic mass is 10.0. The van der Waals surface area contributed by atoms with E-state index in [0.717, 1.165) is 17.7 Å². The Balaban J connectivity index is 1.55. The molecule has 2 aliphatic rings. The summed E-state index contributed by atoms with van der Waals surface area (Å²) in [5.41, 5.74) is 2.04. The third-order valence-electron chi connectivity index (χ3n) is 5.69. The van der Waals surface area contributed by atoms with Gasteiger partial charge in [0.15, 0.2) is 5.17 Å². The lowest BCUT2D eigenvalue weighted by Gasteiger charge is -2.36. The maximum absolute atomic E-state index is 14.1. The monoisotopic (exact) mass is 459 g/mol. The molecule has 164 valence electrons. The highest BCUT2D eigenvalue weighted by molar-refractivity contribution is 8.21. The summed E-state index contributed by atoms with van der Waals surface area (Å²) in [5.74, 6) is -0.278. The van der Waals surface area contributed by atoms with Crippen LogP contribution in [-0.2, 0) is 14.8 Å². The Morgan fingerprint density at radius 3 is 2.52 bits per heavy atom. The van der Waals surface area contributed by atoms with E-state index in [1.54, 1.807) is 28.0 Å². The van der Waals surface area contributed by atoms with Crippen LogP contribution in [0, 0.1) is 5.82 Å². The van der Waals surface area contributed by atoms with Crippen LogP contribution in [0.5, 0.6) is 0 Å². The van der Waals surface area contributed by atoms with E-state index in [0.29, 0.717) is 23.8 Å². The van der Waals surface area contributed by atoms with Gasteiger partial charge in [0.1, 0.15) is 5.82 Å². The van der Waals surface area contributed by atoms with Gasteiger partial charge in [0, 0.05) is 41.5 Å². The highest BCUT2D eigenvalue weighted by atomic mass is 32.2. The summed E-state index contributed by atoms with van der Waals surface area (Å²) in [6, 6.07) is 13.6. The zero-order valence-corrected chi connectivity index (χ0v) is 19.3. The molecule has 0 spiro atoms. The maximum atomic E-state index is 14.1. The van der Waals surface area contributed by atoms with Crippen molar-refractivity contribution < 1.29 is 13.4 Å². The van der Waals surface area contributed by atoms with Crippen LogP contribution in [0.25, 0.3) is 11.1 Å². The van der Waals surface area contributed by atoms with Gasteiger partial charge >= 0.3 is 6.03 Å². The molecule has 4 rings (SSSR count). The van der Waals surface area contributed by atoms with Gasteiger partial charge in [-0.2, -0.15) is 10.6 Å². The molecule has 1 fully saturated rings. The Hall–Kier alpha value is -2.39. The number of hydrogen-bond acceptors (Lipinski definition) is 6. The summed E-state index contributed by atoms with van der Waals surface area (Å²) in [4.78, 5) is 21.3. The number of carbonyl (C=O) groups excluding carboxylic acids is 1. The lowest BCUT2D eigenvalue weighted by molar-refractivity contribution is 0.221. The molecule has 0 saturated carbocycles. The van der Waals surface area contributed by atoms with Crippen LogP contribution < -0.4 is 4.90 Å². The van der Waals surface area contributed by atoms with Gasteiger partial charge in [0.2, 0.25) is 0 Å². The molecule has 6 nitrogen and oxygen atoms in total. The van der Waals surface area contributed by atoms with E-state index in [1.807, 2.05) is 38.1 Å². The minimum atomic E-state index is -1.41. The van der Waals surface area contributed by atoms with Crippen molar-refractivity contribution in [2.24, 2.45) is 9.36 Å². The van der Waals surface area contributed by atoms with Crippen molar-refractivity contribution in [2.75, 3.05) is 25.0 Å². The largest absolute Gasteiger partial charge is 0.443 e. The Morgan fingerprint density at radius 2 is 1.84 bits per heavy atom. The van der Waals surface area contributed by atoms with Crippen LogP contribution in [0.4, 0.5) is 14.9 Å². The quantitative estimate of drug-likeness (QED) is 0.599. The second-order valence-electron chi connectivity index (χ2n) is 7.60. The summed E-state index contributed by atoms with van der Waals surface area (Å²) < 4.78 is 29.7. The van der Waals surface area contributed by atoms with E-state index in [-0.39, 0.29) is 17.9 Å². The first-order valence-electron chi connectivity index (χ1n) is 10.1. The fraction of sp³-hybridized carbons (Fsp3) is 0.364. The first-order valence-corrected chi connectivity index (χ1v) is 12.0. The zero-order chi connectivity index (χ0) is 22.2. The molecule has 0 aliphatic carbocycles. The molecule has 2 heterocycles. The number of urea groups is 1. The number of thioether (sulfide) groups is 1. The minimum Gasteiger partial charge on any atom is -0.443 e. The number of halogens is 1. The smallest absolute Gasteiger partial charge is 0.330 e. The van der Waals surface area contributed by atoms with Crippen molar-refractivity contribution in [1.29, 1.82) is 0 Å². The molecule has 0 aromatic heterocycles. The van der Waals surface area contributed by atoms with E-state index >= 15 is 0 Å². The predicted molar refractivity (Wildman–Crippen MR) is 125 cm³/mol. The van der Waals surface area contributed by atoms with Crippen LogP contribution in [0.2, 0.25) is 0 Å². The van der Waals surface area contributed by atoms with Gasteiger partial charge in [0.05, 0.1) is 0 Å². The second kappa shape index (κ2) is 8.63. The van der Waals surface area contributed by atoms with Crippen molar-refractivity contribution in [3.8, 4) is 11.1 Å². The Labute approximate surface area is 187 Å². The number of anilines is 1. The Bertz CT molecular complexity index is 1110. The molecule has 2 aliphatic heterocycles. The molecule has 2 amide bonds. The van der Waals surface area contributed by atoms with E-state index in [4.69, 9.17) is 0 Å². The lowest BCUT2D eigenvalue weighted by Crippen LogP contribution is -2.51. The van der Waals surface area contributed by atoms with E-state index in [2.05, 4.69) is 9.36 Å². The topological polar surface area (TPSA) is 65.3 Å². The average molecular weight is 460 g/mol. The number of amides is 2. The molecular formula is C22H24FN4O2S2-. The predicted octanol–water partition coefficient (Wildman–Crippen LogP) is 5.11. The fourth-order valence-electron chi connectivity index (χ4n) is 3.72. The number of amidine groups is 1. The van der Waals surface area contributed by atoms with Gasteiger partial charge in [-0.15, -0.1) is 0 Å². The van der Waals surface area contributed by atoms with Crippen molar-refractivity contribution in [1.82, 2.24) is 4.90 Å². The molecule has 31 heavy (non-hydrogen) atoms. The highest BCUT2D eigenvalue weighted by Crippen LogP contribution is 2.41. The summed E-state index contributed by atoms with van der Waals surface area (Å²) in [6.45, 7) is 4.93. The van der Waals surface area contributed by atoms with Crippen LogP contribution in [-0.4, -0.2) is 46.4 Å². The third-order valence-corrected chi connectivity index (χ3v) is 8.99. The van der Waals surface area contributed by atoms with Crippen molar-refractivity contribution in [2.45, 2.75) is 30.4 Å². The molecule has 2 aromatic carbocycles. The third kappa shape index (κ3) is 3.96. The van der Waals surface area contributed by atoms with Gasteiger partial charge in [-0.1, -0.05) is 49.0 Å². The molecule has 2 aromatic rings. The van der Waals surface area contributed by atoms with Crippen LogP contribution in [0.1, 0.15) is 20.3 Å². The van der Waals surface area contributed by atoms with Crippen molar-refractivity contribution >= 4 is 39.2 Å². The molecule has 0 bridgehead atoms. The van der Waals surface area contributed by atoms with Crippen LogP contribution in [0.3, 0.4) is 0 Å². The fourth-order valence-corrected chi connectivity index (χ4v) is 6.24. The Morgan fingerprint density at radius 1 is 1.16 bits per heavy atom. The number of nitrogens with zero attached hydrogens (tertiary/aromatic N) is 4. The Kier molecular flexibility index (Phi) is 6.07. The maximum Gasteiger partial charge on any atom is 0.330 e. The number of benzene rings is 2. The van der Waals surface area contributed by atoms with E-state index in [1.165, 1.54) is 24.9 Å². The SMILES string of the molecule is CN=[S-](=O)C1(C)SC(N2CCCN(c3ccc(-c4ccccc4F)cc3)C2=O)=NC1C. The standard InChI is InChI=1S/C22H24FN4O2S2/c1-15-22(2,31(29)24-3)30-20(25-15)27-14-6-13-26(21(27)28)17-11-9-16(10-12-17)18-7-4-5-8-19(18)23/h4-5,7-12,15H,6,13-14H2,1-3H3/q-1. The molecule has 2 atom stereocenters. The van der Waals surface area contributed by atoms with Gasteiger partial charge in [0.25, 0.3) is 0 Å². The molecule has 9 heteroatoms. The molecule has 2 unspecified atom stereocenters. The normalized spacial score (nSPS) is 25.1. The summed E-state index contributed by atoms with van der Waals surface area (Å²) in [7, 11) is 0.122. The highest BCUT2D eigenvalue weighted by Gasteiger charge is 2.40. The van der Waals surface area contributed by atoms with Crippen LogP contribution in [0.15, 0.2) is 57.9 Å². The first kappa shape index (κ1) is 21.8. The van der Waals surface area contributed by atoms with Gasteiger partial charge in [-0.3, -0.25) is 14.8 Å². The first-order chi connectivity index (χ1) is 14.8. The number of rotatable bonds is 3. The second-order valence-corrected chi connectivity index (χ2v) is 11.0. The molecule has 0 N–H and O–H groups in total. The zero-order valence-electron chi connectivity index (χ0n) is 17.6. The van der Waals surface area contributed by atoms with E-state index in [9.17, 15) is 13.4 Å². The molecular weight excluding hydrogens is 435 g/mol. The van der Waals surface area contributed by atoms with Gasteiger partial charge < -0.3 is 8.57 Å². The number of hydrogen-bond donors (Lipinski definition) is 0. The van der Waals surface area contributed by atoms with E-state index < -0.39 is 14.7 Å².